The van der Waals surface area contributed by atoms with Crippen LogP contribution in [0.4, 0.5) is 6.01 Å². The van der Waals surface area contributed by atoms with Gasteiger partial charge in [-0.3, -0.25) is 0 Å². The van der Waals surface area contributed by atoms with Crippen LogP contribution in [0.3, 0.4) is 0 Å². The summed E-state index contributed by atoms with van der Waals surface area (Å²) < 4.78 is 12.1. The minimum Gasteiger partial charge on any atom is -0.492 e. The molecule has 0 aliphatic rings. The number of ether oxygens (including phenoxy) is 1. The van der Waals surface area contributed by atoms with Crippen molar-refractivity contribution >= 4 is 45.5 Å². The molecule has 0 atom stereocenters. The van der Waals surface area contributed by atoms with E-state index in [1.54, 1.807) is 12.1 Å². The van der Waals surface area contributed by atoms with Crippen molar-refractivity contribution in [3.05, 3.63) is 101 Å². The lowest BCUT2D eigenvalue weighted by Gasteiger charge is -2.21. The van der Waals surface area contributed by atoms with E-state index >= 15 is 0 Å². The first-order valence-corrected chi connectivity index (χ1v) is 12.2. The van der Waals surface area contributed by atoms with Gasteiger partial charge in [-0.15, -0.1) is 0 Å². The van der Waals surface area contributed by atoms with Crippen LogP contribution in [0, 0.1) is 0 Å². The third-order valence-corrected chi connectivity index (χ3v) is 6.27. The third kappa shape index (κ3) is 5.29. The van der Waals surface area contributed by atoms with E-state index in [4.69, 9.17) is 20.8 Å². The minimum absolute atomic E-state index is 0.171. The van der Waals surface area contributed by atoms with Gasteiger partial charge < -0.3 is 19.2 Å². The normalized spacial score (nSPS) is 11.1. The highest BCUT2D eigenvalue weighted by atomic mass is 35.5. The summed E-state index contributed by atoms with van der Waals surface area (Å²) in [6.07, 6.45) is 1.54. The predicted octanol–water partition coefficient (Wildman–Crippen LogP) is 7.20. The Morgan fingerprint density at radius 2 is 1.72 bits per heavy atom. The Labute approximate surface area is 213 Å². The Hall–Kier alpha value is -4.03. The molecule has 6 nitrogen and oxygen atoms in total. The van der Waals surface area contributed by atoms with Crippen molar-refractivity contribution in [3.63, 3.8) is 0 Å². The van der Waals surface area contributed by atoms with Gasteiger partial charge in [-0.25, -0.2) is 4.79 Å². The van der Waals surface area contributed by atoms with Crippen LogP contribution in [0.2, 0.25) is 5.02 Å². The second-order valence-corrected chi connectivity index (χ2v) is 8.97. The number of oxazole rings is 1. The monoisotopic (exact) mass is 500 g/mol. The van der Waals surface area contributed by atoms with E-state index in [1.807, 2.05) is 72.8 Å². The first kappa shape index (κ1) is 23.7. The first-order chi connectivity index (χ1) is 17.6. The molecule has 1 heterocycles. The number of aromatic nitrogens is 1. The number of anilines is 1. The molecule has 0 aliphatic heterocycles. The van der Waals surface area contributed by atoms with E-state index in [9.17, 15) is 9.90 Å². The van der Waals surface area contributed by atoms with Crippen molar-refractivity contribution in [2.75, 3.05) is 18.1 Å². The summed E-state index contributed by atoms with van der Waals surface area (Å²) in [6.45, 7) is 1.72. The fraction of sp³-hybridized carbons (Fsp3) is 0.172. The first-order valence-electron chi connectivity index (χ1n) is 11.8. The van der Waals surface area contributed by atoms with Gasteiger partial charge >= 0.3 is 5.97 Å². The minimum atomic E-state index is -0.999. The Morgan fingerprint density at radius 1 is 0.944 bits per heavy atom. The number of unbranched alkanes of at least 4 members (excludes halogenated alkanes) is 1. The SMILES string of the molecule is O=C(O)c1ccc2ccccc2c1OCCCCN(Cc1ccc(Cl)cc1)c1nc2ccccc2o1. The van der Waals surface area contributed by atoms with E-state index in [2.05, 4.69) is 9.88 Å². The number of carboxylic acids is 1. The Morgan fingerprint density at radius 3 is 2.53 bits per heavy atom. The van der Waals surface area contributed by atoms with Crippen LogP contribution in [0.25, 0.3) is 21.9 Å². The number of hydrogen-bond donors (Lipinski definition) is 1. The van der Waals surface area contributed by atoms with E-state index in [1.165, 1.54) is 0 Å². The van der Waals surface area contributed by atoms with E-state index in [0.29, 0.717) is 36.5 Å². The van der Waals surface area contributed by atoms with Gasteiger partial charge in [0.1, 0.15) is 16.8 Å². The molecule has 5 aromatic rings. The number of benzene rings is 4. The van der Waals surface area contributed by atoms with Crippen molar-refractivity contribution in [3.8, 4) is 5.75 Å². The van der Waals surface area contributed by atoms with Crippen LogP contribution in [-0.2, 0) is 6.54 Å². The molecule has 0 radical (unpaired) electrons. The number of rotatable bonds is 10. The van der Waals surface area contributed by atoms with Crippen LogP contribution in [-0.4, -0.2) is 29.2 Å². The maximum Gasteiger partial charge on any atom is 0.339 e. The summed E-state index contributed by atoms with van der Waals surface area (Å²) in [7, 11) is 0. The highest BCUT2D eigenvalue weighted by Crippen LogP contribution is 2.30. The van der Waals surface area contributed by atoms with Crippen molar-refractivity contribution in [2.45, 2.75) is 19.4 Å². The van der Waals surface area contributed by atoms with Gasteiger partial charge in [-0.1, -0.05) is 66.2 Å². The fourth-order valence-electron chi connectivity index (χ4n) is 4.19. The molecular formula is C29H25ClN2O4. The number of fused-ring (bicyclic) bond motifs is 2. The Kier molecular flexibility index (Phi) is 7.05. The van der Waals surface area contributed by atoms with Gasteiger partial charge in [0.2, 0.25) is 0 Å². The lowest BCUT2D eigenvalue weighted by Crippen LogP contribution is -2.24. The van der Waals surface area contributed by atoms with Crippen molar-refractivity contribution < 1.29 is 19.1 Å². The number of carbonyl (C=O) groups is 1. The zero-order chi connectivity index (χ0) is 24.9. The van der Waals surface area contributed by atoms with E-state index in [-0.39, 0.29) is 5.56 Å². The van der Waals surface area contributed by atoms with Gasteiger partial charge in [0.25, 0.3) is 6.01 Å². The molecule has 1 aromatic heterocycles. The van der Waals surface area contributed by atoms with Crippen LogP contribution in [0.15, 0.2) is 89.3 Å². The van der Waals surface area contributed by atoms with E-state index < -0.39 is 5.97 Å². The van der Waals surface area contributed by atoms with Gasteiger partial charge in [-0.05, 0) is 54.1 Å². The largest absolute Gasteiger partial charge is 0.492 e. The quantitative estimate of drug-likeness (QED) is 0.204. The van der Waals surface area contributed by atoms with E-state index in [0.717, 1.165) is 40.3 Å². The molecule has 0 spiro atoms. The lowest BCUT2D eigenvalue weighted by atomic mass is 10.1. The maximum atomic E-state index is 11.8. The summed E-state index contributed by atoms with van der Waals surface area (Å²) in [5.41, 5.74) is 2.83. The molecule has 1 N–H and O–H groups in total. The zero-order valence-corrected chi connectivity index (χ0v) is 20.3. The molecule has 182 valence electrons. The summed E-state index contributed by atoms with van der Waals surface area (Å²) in [4.78, 5) is 18.5. The third-order valence-electron chi connectivity index (χ3n) is 6.02. The second kappa shape index (κ2) is 10.7. The molecule has 0 amide bonds. The van der Waals surface area contributed by atoms with Crippen molar-refractivity contribution in [1.82, 2.24) is 4.98 Å². The smallest absolute Gasteiger partial charge is 0.339 e. The standard InChI is InChI=1S/C29H25ClN2O4/c30-22-14-11-20(12-15-22)19-32(29-31-25-9-3-4-10-26(25)36-29)17-5-6-18-35-27-23-8-2-1-7-21(23)13-16-24(27)28(33)34/h1-4,7-16H,5-6,17-19H2,(H,33,34). The highest BCUT2D eigenvalue weighted by Gasteiger charge is 2.17. The number of hydrogen-bond acceptors (Lipinski definition) is 5. The Bertz CT molecular complexity index is 1460. The van der Waals surface area contributed by atoms with Crippen molar-refractivity contribution in [2.24, 2.45) is 0 Å². The van der Waals surface area contributed by atoms with Crippen LogP contribution < -0.4 is 9.64 Å². The zero-order valence-electron chi connectivity index (χ0n) is 19.6. The maximum absolute atomic E-state index is 11.8. The molecular weight excluding hydrogens is 476 g/mol. The summed E-state index contributed by atoms with van der Waals surface area (Å²) >= 11 is 6.06. The van der Waals surface area contributed by atoms with Crippen LogP contribution in [0.5, 0.6) is 5.75 Å². The molecule has 0 unspecified atom stereocenters. The fourth-order valence-corrected chi connectivity index (χ4v) is 4.32. The summed E-state index contributed by atoms with van der Waals surface area (Å²) in [5.74, 6) is -0.585. The van der Waals surface area contributed by atoms with Gasteiger partial charge in [0.15, 0.2) is 5.58 Å². The lowest BCUT2D eigenvalue weighted by molar-refractivity contribution is 0.0692. The average Bonchev–Trinajstić information content (AvgIpc) is 3.33. The molecule has 0 saturated heterocycles. The summed E-state index contributed by atoms with van der Waals surface area (Å²) in [5, 5.41) is 12.1. The molecule has 0 saturated carbocycles. The van der Waals surface area contributed by atoms with Crippen LogP contribution in [0.1, 0.15) is 28.8 Å². The predicted molar refractivity (Wildman–Crippen MR) is 142 cm³/mol. The molecule has 5 rings (SSSR count). The van der Waals surface area contributed by atoms with Crippen molar-refractivity contribution in [1.29, 1.82) is 0 Å². The number of para-hydroxylation sites is 2. The van der Waals surface area contributed by atoms with Gasteiger partial charge in [-0.2, -0.15) is 4.98 Å². The number of halogens is 1. The molecule has 0 bridgehead atoms. The number of nitrogens with zero attached hydrogens (tertiary/aromatic N) is 2. The van der Waals surface area contributed by atoms with Gasteiger partial charge in [0, 0.05) is 23.5 Å². The Balaban J connectivity index is 1.28. The number of carboxylic acid groups (broad SMARTS) is 1. The topological polar surface area (TPSA) is 75.8 Å². The highest BCUT2D eigenvalue weighted by molar-refractivity contribution is 6.30. The van der Waals surface area contributed by atoms with Gasteiger partial charge in [0.05, 0.1) is 6.61 Å². The molecule has 0 fully saturated rings. The number of aromatic carboxylic acids is 1. The molecule has 0 aliphatic carbocycles. The average molecular weight is 501 g/mol. The molecule has 4 aromatic carbocycles. The molecule has 7 heteroatoms. The van der Waals surface area contributed by atoms with Crippen LogP contribution >= 0.6 is 11.6 Å². The molecule has 36 heavy (non-hydrogen) atoms. The summed E-state index contributed by atoms with van der Waals surface area (Å²) in [6, 6.07) is 27.1. The second-order valence-electron chi connectivity index (χ2n) is 8.54.